The summed E-state index contributed by atoms with van der Waals surface area (Å²) in [4.78, 5) is 24.7. The Kier molecular flexibility index (Phi) is 4.38. The molecule has 2 aliphatic heterocycles. The average molecular weight is 395 g/mol. The van der Waals surface area contributed by atoms with Crippen molar-refractivity contribution in [2.45, 2.75) is 25.7 Å². The Balaban J connectivity index is 1.41. The minimum atomic E-state index is 0.134. The lowest BCUT2D eigenvalue weighted by Crippen LogP contribution is -2.45. The molecular weight excluding hydrogens is 364 g/mol. The van der Waals surface area contributed by atoms with Crippen molar-refractivity contribution in [3.05, 3.63) is 30.1 Å². The summed E-state index contributed by atoms with van der Waals surface area (Å²) in [6.45, 7) is 3.57. The first-order chi connectivity index (χ1) is 13.9. The number of fused-ring (bicyclic) bond motifs is 1. The second kappa shape index (κ2) is 6.83. The van der Waals surface area contributed by atoms with Crippen LogP contribution in [0.15, 0.2) is 24.5 Å². The molecule has 2 fully saturated rings. The third-order valence-corrected chi connectivity index (χ3v) is 6.83. The first-order valence-corrected chi connectivity index (χ1v) is 10.7. The first kappa shape index (κ1) is 18.6. The maximum atomic E-state index is 13.5. The van der Waals surface area contributed by atoms with Crippen molar-refractivity contribution >= 4 is 11.8 Å². The Morgan fingerprint density at radius 2 is 2.14 bits per heavy atom. The van der Waals surface area contributed by atoms with E-state index in [4.69, 9.17) is 4.98 Å². The molecule has 29 heavy (non-hydrogen) atoms. The number of carbonyl (C=O) groups excluding carboxylic acids is 1. The molecule has 1 aliphatic carbocycles. The predicted molar refractivity (Wildman–Crippen MR) is 113 cm³/mol. The third-order valence-electron chi connectivity index (χ3n) is 6.83. The van der Waals surface area contributed by atoms with E-state index in [2.05, 4.69) is 35.1 Å². The summed E-state index contributed by atoms with van der Waals surface area (Å²) in [6, 6.07) is 4.31. The number of hydrogen-bond donors (Lipinski definition) is 0. The molecule has 2 aromatic heterocycles. The molecule has 0 aromatic carbocycles. The Hall–Kier alpha value is -2.41. The van der Waals surface area contributed by atoms with Crippen LogP contribution in [0.3, 0.4) is 0 Å². The van der Waals surface area contributed by atoms with E-state index >= 15 is 0 Å². The van der Waals surface area contributed by atoms with E-state index in [-0.39, 0.29) is 6.03 Å². The van der Waals surface area contributed by atoms with Gasteiger partial charge in [-0.05, 0) is 62.7 Å². The van der Waals surface area contributed by atoms with Gasteiger partial charge in [-0.15, -0.1) is 0 Å². The van der Waals surface area contributed by atoms with Crippen molar-refractivity contribution in [3.63, 3.8) is 0 Å². The molecule has 0 N–H and O–H groups in total. The number of pyridine rings is 1. The Morgan fingerprint density at radius 3 is 2.83 bits per heavy atom. The van der Waals surface area contributed by atoms with Crippen LogP contribution in [0.5, 0.6) is 0 Å². The first-order valence-electron chi connectivity index (χ1n) is 10.7. The summed E-state index contributed by atoms with van der Waals surface area (Å²) < 4.78 is 1.78. The van der Waals surface area contributed by atoms with Gasteiger partial charge in [-0.25, -0.2) is 9.78 Å². The Morgan fingerprint density at radius 1 is 1.31 bits per heavy atom. The van der Waals surface area contributed by atoms with Gasteiger partial charge in [0.1, 0.15) is 5.82 Å². The summed E-state index contributed by atoms with van der Waals surface area (Å²) in [5, 5.41) is 4.26. The molecule has 1 saturated carbocycles. The molecule has 5 rings (SSSR count). The normalized spacial score (nSPS) is 22.4. The number of carbonyl (C=O) groups is 1. The number of aromatic nitrogens is 3. The van der Waals surface area contributed by atoms with Crippen LogP contribution < -0.4 is 4.90 Å². The summed E-state index contributed by atoms with van der Waals surface area (Å²) in [7, 11) is 6.17. The number of rotatable bonds is 3. The van der Waals surface area contributed by atoms with Gasteiger partial charge < -0.3 is 9.80 Å². The topological polar surface area (TPSA) is 57.5 Å². The van der Waals surface area contributed by atoms with Gasteiger partial charge in [0, 0.05) is 45.0 Å². The standard InChI is InChI=1S/C22H30N6O/c1-25(2)13-18-14-27(15-22(18)8-9-22)21(29)28-10-4-5-16-6-7-19(24-20(16)28)17-11-23-26(3)12-17/h6-7,11-12,18H,4-5,8-10,13-15H2,1-3H3. The van der Waals surface area contributed by atoms with Crippen LogP contribution in [-0.2, 0) is 13.5 Å². The minimum absolute atomic E-state index is 0.134. The molecule has 154 valence electrons. The molecule has 2 amide bonds. The molecule has 1 atom stereocenters. The summed E-state index contributed by atoms with van der Waals surface area (Å²) in [6.07, 6.45) is 8.28. The fourth-order valence-corrected chi connectivity index (χ4v) is 5.11. The second-order valence-electron chi connectivity index (χ2n) is 9.32. The average Bonchev–Trinajstić information content (AvgIpc) is 3.22. The molecular formula is C22H30N6O. The fraction of sp³-hybridized carbons (Fsp3) is 0.591. The van der Waals surface area contributed by atoms with Crippen LogP contribution >= 0.6 is 0 Å². The van der Waals surface area contributed by atoms with E-state index in [1.807, 2.05) is 30.4 Å². The van der Waals surface area contributed by atoms with Gasteiger partial charge in [-0.3, -0.25) is 9.58 Å². The molecule has 1 unspecified atom stereocenters. The quantitative estimate of drug-likeness (QED) is 0.803. The number of hydrogen-bond acceptors (Lipinski definition) is 4. The van der Waals surface area contributed by atoms with Crippen LogP contribution in [0.1, 0.15) is 24.8 Å². The highest BCUT2D eigenvalue weighted by molar-refractivity contribution is 5.93. The highest BCUT2D eigenvalue weighted by atomic mass is 16.2. The molecule has 2 aromatic rings. The molecule has 7 nitrogen and oxygen atoms in total. The molecule has 3 aliphatic rings. The van der Waals surface area contributed by atoms with Crippen molar-refractivity contribution < 1.29 is 4.79 Å². The van der Waals surface area contributed by atoms with E-state index in [9.17, 15) is 4.79 Å². The zero-order chi connectivity index (χ0) is 20.2. The lowest BCUT2D eigenvalue weighted by atomic mass is 9.93. The van der Waals surface area contributed by atoms with Gasteiger partial charge in [0.15, 0.2) is 0 Å². The largest absolute Gasteiger partial charge is 0.325 e. The summed E-state index contributed by atoms with van der Waals surface area (Å²) in [5.41, 5.74) is 3.39. The van der Waals surface area contributed by atoms with E-state index in [1.54, 1.807) is 4.68 Å². The van der Waals surface area contributed by atoms with Crippen molar-refractivity contribution in [3.8, 4) is 11.3 Å². The summed E-state index contributed by atoms with van der Waals surface area (Å²) in [5.74, 6) is 1.42. The fourth-order valence-electron chi connectivity index (χ4n) is 5.11. The van der Waals surface area contributed by atoms with Gasteiger partial charge in [-0.2, -0.15) is 5.10 Å². The van der Waals surface area contributed by atoms with Gasteiger partial charge >= 0.3 is 6.03 Å². The van der Waals surface area contributed by atoms with E-state index < -0.39 is 0 Å². The SMILES string of the molecule is CN(C)CC1CN(C(=O)N2CCCc3ccc(-c4cnn(C)c4)nc32)CC12CC2. The van der Waals surface area contributed by atoms with Gasteiger partial charge in [0.05, 0.1) is 11.9 Å². The summed E-state index contributed by atoms with van der Waals surface area (Å²) >= 11 is 0. The van der Waals surface area contributed by atoms with Gasteiger partial charge in [0.25, 0.3) is 0 Å². The minimum Gasteiger partial charge on any atom is -0.323 e. The monoisotopic (exact) mass is 394 g/mol. The van der Waals surface area contributed by atoms with Crippen LogP contribution in [-0.4, -0.2) is 70.9 Å². The molecule has 1 saturated heterocycles. The van der Waals surface area contributed by atoms with Crippen molar-refractivity contribution in [2.75, 3.05) is 45.2 Å². The van der Waals surface area contributed by atoms with Crippen LogP contribution in [0, 0.1) is 11.3 Å². The van der Waals surface area contributed by atoms with Crippen LogP contribution in [0.4, 0.5) is 10.6 Å². The number of amides is 2. The number of anilines is 1. The molecule has 7 heteroatoms. The highest BCUT2D eigenvalue weighted by Gasteiger charge is 2.56. The van der Waals surface area contributed by atoms with Crippen LogP contribution in [0.25, 0.3) is 11.3 Å². The van der Waals surface area contributed by atoms with Crippen molar-refractivity contribution in [1.29, 1.82) is 0 Å². The van der Waals surface area contributed by atoms with E-state index in [0.717, 1.165) is 56.1 Å². The maximum absolute atomic E-state index is 13.5. The van der Waals surface area contributed by atoms with Crippen LogP contribution in [0.2, 0.25) is 0 Å². The molecule has 0 radical (unpaired) electrons. The Bertz CT molecular complexity index is 931. The molecule has 1 spiro atoms. The molecule has 0 bridgehead atoms. The van der Waals surface area contributed by atoms with Crippen molar-refractivity contribution in [1.82, 2.24) is 24.6 Å². The lowest BCUT2D eigenvalue weighted by molar-refractivity contribution is 0.211. The number of likely N-dealkylation sites (tertiary alicyclic amines) is 1. The predicted octanol–water partition coefficient (Wildman–Crippen LogP) is 2.63. The third kappa shape index (κ3) is 3.31. The van der Waals surface area contributed by atoms with E-state index in [1.165, 1.54) is 18.4 Å². The number of nitrogens with zero attached hydrogens (tertiary/aromatic N) is 6. The van der Waals surface area contributed by atoms with E-state index in [0.29, 0.717) is 11.3 Å². The number of urea groups is 1. The zero-order valence-corrected chi connectivity index (χ0v) is 17.6. The Labute approximate surface area is 172 Å². The van der Waals surface area contributed by atoms with Crippen molar-refractivity contribution in [2.24, 2.45) is 18.4 Å². The smallest absolute Gasteiger partial charge is 0.323 e. The maximum Gasteiger partial charge on any atom is 0.325 e. The highest BCUT2D eigenvalue weighted by Crippen LogP contribution is 2.56. The zero-order valence-electron chi connectivity index (χ0n) is 17.6. The lowest BCUT2D eigenvalue weighted by Gasteiger charge is -2.32. The molecule has 4 heterocycles. The van der Waals surface area contributed by atoms with Gasteiger partial charge in [-0.1, -0.05) is 6.07 Å². The van der Waals surface area contributed by atoms with Gasteiger partial charge in [0.2, 0.25) is 0 Å². The number of aryl methyl sites for hydroxylation is 2. The second-order valence-corrected chi connectivity index (χ2v) is 9.32.